The van der Waals surface area contributed by atoms with Crippen LogP contribution in [0, 0.1) is 0 Å². The van der Waals surface area contributed by atoms with E-state index in [0.717, 1.165) is 53.5 Å². The molecule has 130 valence electrons. The van der Waals surface area contributed by atoms with Crippen LogP contribution in [0.3, 0.4) is 0 Å². The van der Waals surface area contributed by atoms with Gasteiger partial charge in [-0.2, -0.15) is 0 Å². The molecule has 1 N–H and O–H groups in total. The van der Waals surface area contributed by atoms with E-state index in [-0.39, 0.29) is 5.69 Å². The van der Waals surface area contributed by atoms with E-state index < -0.39 is 0 Å². The summed E-state index contributed by atoms with van der Waals surface area (Å²) in [5.74, 6) is 0. The van der Waals surface area contributed by atoms with Crippen LogP contribution in [0.4, 0.5) is 0 Å². The van der Waals surface area contributed by atoms with Crippen molar-refractivity contribution in [3.63, 3.8) is 0 Å². The van der Waals surface area contributed by atoms with Gasteiger partial charge in [-0.3, -0.25) is 9.30 Å². The predicted molar refractivity (Wildman–Crippen MR) is 103 cm³/mol. The summed E-state index contributed by atoms with van der Waals surface area (Å²) in [6.07, 6.45) is 2.69. The maximum absolute atomic E-state index is 12.5. The average Bonchev–Trinajstić information content (AvgIpc) is 3.33. The minimum absolute atomic E-state index is 0.106. The first kappa shape index (κ1) is 15.5. The Hall–Kier alpha value is -2.70. The van der Waals surface area contributed by atoms with Crippen molar-refractivity contribution in [3.05, 3.63) is 81.3 Å². The predicted octanol–water partition coefficient (Wildman–Crippen LogP) is 3.31. The highest BCUT2D eigenvalue weighted by molar-refractivity contribution is 7.13. The van der Waals surface area contributed by atoms with Crippen molar-refractivity contribution < 1.29 is 0 Å². The van der Waals surface area contributed by atoms with Crippen LogP contribution in [0.25, 0.3) is 16.2 Å². The number of hydrogen-bond acceptors (Lipinski definition) is 4. The summed E-state index contributed by atoms with van der Waals surface area (Å²) in [5, 5.41) is 2.03. The molecule has 0 unspecified atom stereocenters. The minimum Gasteiger partial charge on any atom is -0.310 e. The number of nitrogens with one attached hydrogen (secondary N) is 1. The Labute approximate surface area is 154 Å². The van der Waals surface area contributed by atoms with Gasteiger partial charge in [-0.1, -0.05) is 36.4 Å². The molecule has 6 heteroatoms. The molecular weight excluding hydrogens is 344 g/mol. The van der Waals surface area contributed by atoms with Crippen molar-refractivity contribution in [2.24, 2.45) is 0 Å². The molecule has 0 fully saturated rings. The summed E-state index contributed by atoms with van der Waals surface area (Å²) in [6.45, 7) is 2.64. The van der Waals surface area contributed by atoms with Gasteiger partial charge in [0.2, 0.25) is 0 Å². The molecule has 0 amide bonds. The number of rotatable bonds is 3. The van der Waals surface area contributed by atoms with Gasteiger partial charge in [-0.05, 0) is 17.0 Å². The molecule has 4 aromatic rings. The molecule has 4 heterocycles. The zero-order valence-electron chi connectivity index (χ0n) is 14.2. The zero-order chi connectivity index (χ0) is 17.5. The van der Waals surface area contributed by atoms with Crippen LogP contribution in [0.1, 0.15) is 16.8 Å². The molecule has 0 saturated heterocycles. The molecule has 0 atom stereocenters. The van der Waals surface area contributed by atoms with Crippen LogP contribution in [0.15, 0.2) is 58.8 Å². The van der Waals surface area contributed by atoms with Crippen molar-refractivity contribution in [1.82, 2.24) is 19.3 Å². The van der Waals surface area contributed by atoms with Gasteiger partial charge in [0.1, 0.15) is 5.65 Å². The van der Waals surface area contributed by atoms with Gasteiger partial charge in [0.05, 0.1) is 10.6 Å². The number of hydrogen-bond donors (Lipinski definition) is 1. The van der Waals surface area contributed by atoms with Gasteiger partial charge in [0, 0.05) is 43.5 Å². The van der Waals surface area contributed by atoms with E-state index in [1.165, 1.54) is 5.56 Å². The summed E-state index contributed by atoms with van der Waals surface area (Å²) in [7, 11) is 0. The van der Waals surface area contributed by atoms with Crippen LogP contribution in [-0.2, 0) is 19.5 Å². The van der Waals surface area contributed by atoms with Crippen LogP contribution in [0.2, 0.25) is 0 Å². The maximum atomic E-state index is 12.5. The van der Waals surface area contributed by atoms with Gasteiger partial charge < -0.3 is 4.98 Å². The topological polar surface area (TPSA) is 53.4 Å². The molecule has 5 rings (SSSR count). The van der Waals surface area contributed by atoms with Crippen molar-refractivity contribution in [2.75, 3.05) is 6.54 Å². The highest BCUT2D eigenvalue weighted by Gasteiger charge is 2.22. The molecule has 0 bridgehead atoms. The van der Waals surface area contributed by atoms with Crippen LogP contribution >= 0.6 is 11.3 Å². The Balaban J connectivity index is 1.55. The van der Waals surface area contributed by atoms with Gasteiger partial charge in [-0.25, -0.2) is 9.78 Å². The molecule has 0 radical (unpaired) electrons. The number of thiophene rings is 1. The van der Waals surface area contributed by atoms with E-state index in [9.17, 15) is 4.79 Å². The van der Waals surface area contributed by atoms with Crippen molar-refractivity contribution in [2.45, 2.75) is 19.5 Å². The highest BCUT2D eigenvalue weighted by atomic mass is 32.1. The molecular formula is C20H18N4OS. The summed E-state index contributed by atoms with van der Waals surface area (Å²) in [4.78, 5) is 23.8. The molecule has 3 aromatic heterocycles. The van der Waals surface area contributed by atoms with Crippen LogP contribution in [-0.4, -0.2) is 25.8 Å². The number of H-pyrrole nitrogens is 1. The van der Waals surface area contributed by atoms with Crippen molar-refractivity contribution >= 4 is 17.0 Å². The minimum atomic E-state index is -0.106. The number of nitrogens with zero attached hydrogens (tertiary/aromatic N) is 3. The third-order valence-electron chi connectivity index (χ3n) is 4.90. The van der Waals surface area contributed by atoms with Gasteiger partial charge in [-0.15, -0.1) is 11.3 Å². The fourth-order valence-corrected chi connectivity index (χ4v) is 4.30. The number of fused-ring (bicyclic) bond motifs is 3. The Bertz CT molecular complexity index is 1110. The van der Waals surface area contributed by atoms with Crippen molar-refractivity contribution in [1.29, 1.82) is 0 Å². The van der Waals surface area contributed by atoms with E-state index in [4.69, 9.17) is 4.98 Å². The Morgan fingerprint density at radius 2 is 2.04 bits per heavy atom. The Morgan fingerprint density at radius 1 is 1.15 bits per heavy atom. The van der Waals surface area contributed by atoms with Gasteiger partial charge in [0.25, 0.3) is 0 Å². The standard InChI is InChI=1S/C20H18N4OS/c25-20-22-16-8-9-23(11-14-5-2-1-3-6-14)12-15(16)19-21-17(13-24(19)20)18-7-4-10-26-18/h1-7,10,13H,8-9,11-12H2,(H,22,25). The Morgan fingerprint density at radius 3 is 2.85 bits per heavy atom. The lowest BCUT2D eigenvalue weighted by Crippen LogP contribution is -2.33. The second kappa shape index (κ2) is 6.23. The normalized spacial score (nSPS) is 14.6. The fraction of sp³-hybridized carbons (Fsp3) is 0.200. The second-order valence-corrected chi connectivity index (χ2v) is 7.58. The zero-order valence-corrected chi connectivity index (χ0v) is 15.0. The van der Waals surface area contributed by atoms with E-state index >= 15 is 0 Å². The maximum Gasteiger partial charge on any atom is 0.331 e. The van der Waals surface area contributed by atoms with Crippen LogP contribution in [0.5, 0.6) is 0 Å². The van der Waals surface area contributed by atoms with E-state index in [1.807, 2.05) is 29.8 Å². The number of aromatic nitrogens is 3. The highest BCUT2D eigenvalue weighted by Crippen LogP contribution is 2.27. The monoisotopic (exact) mass is 362 g/mol. The molecule has 1 aliphatic rings. The molecule has 0 spiro atoms. The third kappa shape index (κ3) is 2.67. The third-order valence-corrected chi connectivity index (χ3v) is 5.79. The lowest BCUT2D eigenvalue weighted by atomic mass is 10.1. The molecule has 0 saturated carbocycles. The number of benzene rings is 1. The fourth-order valence-electron chi connectivity index (χ4n) is 3.62. The van der Waals surface area contributed by atoms with E-state index in [0.29, 0.717) is 0 Å². The molecule has 5 nitrogen and oxygen atoms in total. The lowest BCUT2D eigenvalue weighted by Gasteiger charge is -2.28. The summed E-state index contributed by atoms with van der Waals surface area (Å²) in [6, 6.07) is 14.5. The largest absolute Gasteiger partial charge is 0.331 e. The average molecular weight is 362 g/mol. The van der Waals surface area contributed by atoms with Crippen LogP contribution < -0.4 is 5.69 Å². The summed E-state index contributed by atoms with van der Waals surface area (Å²) >= 11 is 1.64. The Kier molecular flexibility index (Phi) is 3.72. The molecule has 26 heavy (non-hydrogen) atoms. The lowest BCUT2D eigenvalue weighted by molar-refractivity contribution is 0.243. The first-order valence-electron chi connectivity index (χ1n) is 8.71. The number of imidazole rings is 1. The summed E-state index contributed by atoms with van der Waals surface area (Å²) in [5.41, 5.74) is 5.00. The van der Waals surface area contributed by atoms with Gasteiger partial charge in [0.15, 0.2) is 0 Å². The first-order valence-corrected chi connectivity index (χ1v) is 9.59. The molecule has 1 aliphatic heterocycles. The number of aromatic amines is 1. The van der Waals surface area contributed by atoms with Gasteiger partial charge >= 0.3 is 5.69 Å². The molecule has 0 aliphatic carbocycles. The quantitative estimate of drug-likeness (QED) is 0.608. The first-order chi connectivity index (χ1) is 12.8. The van der Waals surface area contributed by atoms with E-state index in [2.05, 4.69) is 34.1 Å². The smallest absolute Gasteiger partial charge is 0.310 e. The summed E-state index contributed by atoms with van der Waals surface area (Å²) < 4.78 is 1.65. The van der Waals surface area contributed by atoms with Crippen molar-refractivity contribution in [3.8, 4) is 10.6 Å². The van der Waals surface area contributed by atoms with E-state index in [1.54, 1.807) is 15.7 Å². The second-order valence-electron chi connectivity index (χ2n) is 6.63. The molecule has 1 aromatic carbocycles. The SMILES string of the molecule is O=c1[nH]c2c(c3nc(-c4cccs4)cn13)CN(Cc1ccccc1)CC2.